The van der Waals surface area contributed by atoms with Crippen molar-refractivity contribution in [2.45, 2.75) is 6.61 Å². The van der Waals surface area contributed by atoms with Gasteiger partial charge in [-0.15, -0.1) is 0 Å². The van der Waals surface area contributed by atoms with Crippen LogP contribution in [0, 0.1) is 17.5 Å². The summed E-state index contributed by atoms with van der Waals surface area (Å²) in [6.07, 6.45) is 0. The lowest BCUT2D eigenvalue weighted by Gasteiger charge is -2.10. The van der Waals surface area contributed by atoms with Crippen LogP contribution in [0.3, 0.4) is 0 Å². The van der Waals surface area contributed by atoms with Crippen LogP contribution in [0.1, 0.15) is 5.56 Å². The molecule has 0 aliphatic heterocycles. The Kier molecular flexibility index (Phi) is 4.31. The third-order valence-corrected chi connectivity index (χ3v) is 2.64. The Hall–Kier alpha value is -1.99. The van der Waals surface area contributed by atoms with E-state index in [1.54, 1.807) is 0 Å². The Balaban J connectivity index is 2.18. The second-order valence-electron chi connectivity index (χ2n) is 4.09. The standard InChI is InChI=1S/C13H10BF3O3/c15-10-2-4-11(16)8(5-10)7-20-13-6-9(14(18)19)1-3-12(13)17/h1-6,18-19H,7H2. The van der Waals surface area contributed by atoms with Crippen LogP contribution in [0.25, 0.3) is 0 Å². The lowest BCUT2D eigenvalue weighted by atomic mass is 9.80. The Morgan fingerprint density at radius 3 is 2.35 bits per heavy atom. The summed E-state index contributed by atoms with van der Waals surface area (Å²) in [5.74, 6) is -2.33. The van der Waals surface area contributed by atoms with Crippen molar-refractivity contribution in [3.8, 4) is 5.75 Å². The van der Waals surface area contributed by atoms with Gasteiger partial charge >= 0.3 is 7.12 Å². The van der Waals surface area contributed by atoms with Gasteiger partial charge in [-0.25, -0.2) is 13.2 Å². The number of ether oxygens (including phenoxy) is 1. The molecule has 0 fully saturated rings. The molecule has 0 bridgehead atoms. The van der Waals surface area contributed by atoms with Crippen molar-refractivity contribution in [1.29, 1.82) is 0 Å². The van der Waals surface area contributed by atoms with Crippen LogP contribution in [-0.2, 0) is 6.61 Å². The number of hydrogen-bond acceptors (Lipinski definition) is 3. The van der Waals surface area contributed by atoms with E-state index in [9.17, 15) is 13.2 Å². The summed E-state index contributed by atoms with van der Waals surface area (Å²) in [5, 5.41) is 17.9. The first-order valence-corrected chi connectivity index (χ1v) is 5.69. The Morgan fingerprint density at radius 1 is 0.950 bits per heavy atom. The molecule has 0 spiro atoms. The minimum absolute atomic E-state index is 0.0288. The monoisotopic (exact) mass is 282 g/mol. The van der Waals surface area contributed by atoms with Crippen molar-refractivity contribution in [3.63, 3.8) is 0 Å². The molecule has 0 heterocycles. The average Bonchev–Trinajstić information content (AvgIpc) is 2.41. The number of halogens is 3. The molecule has 0 aliphatic rings. The van der Waals surface area contributed by atoms with Crippen molar-refractivity contribution < 1.29 is 28.0 Å². The highest BCUT2D eigenvalue weighted by atomic mass is 19.1. The Morgan fingerprint density at radius 2 is 1.65 bits per heavy atom. The van der Waals surface area contributed by atoms with E-state index in [1.807, 2.05) is 0 Å². The molecular weight excluding hydrogens is 272 g/mol. The maximum Gasteiger partial charge on any atom is 0.488 e. The molecule has 2 aromatic carbocycles. The van der Waals surface area contributed by atoms with Crippen LogP contribution in [0.2, 0.25) is 0 Å². The van der Waals surface area contributed by atoms with Crippen molar-refractivity contribution in [3.05, 3.63) is 59.4 Å². The summed E-state index contributed by atoms with van der Waals surface area (Å²) in [7, 11) is -1.77. The van der Waals surface area contributed by atoms with Crippen molar-refractivity contribution in [2.75, 3.05) is 0 Å². The smallest absolute Gasteiger partial charge is 0.486 e. The molecule has 0 saturated heterocycles. The topological polar surface area (TPSA) is 49.7 Å². The van der Waals surface area contributed by atoms with Crippen molar-refractivity contribution in [1.82, 2.24) is 0 Å². The summed E-state index contributed by atoms with van der Waals surface area (Å²) in [6.45, 7) is -0.383. The highest BCUT2D eigenvalue weighted by molar-refractivity contribution is 6.58. The summed E-state index contributed by atoms with van der Waals surface area (Å²) in [5.41, 5.74) is -0.0412. The highest BCUT2D eigenvalue weighted by Crippen LogP contribution is 2.18. The van der Waals surface area contributed by atoms with Gasteiger partial charge in [0.05, 0.1) is 0 Å². The van der Waals surface area contributed by atoms with E-state index in [-0.39, 0.29) is 23.4 Å². The maximum absolute atomic E-state index is 13.5. The highest BCUT2D eigenvalue weighted by Gasteiger charge is 2.15. The fraction of sp³-hybridized carbons (Fsp3) is 0.0769. The lowest BCUT2D eigenvalue weighted by Crippen LogP contribution is -2.29. The molecule has 0 atom stereocenters. The van der Waals surface area contributed by atoms with Crippen molar-refractivity contribution >= 4 is 12.6 Å². The molecular formula is C13H10BF3O3. The van der Waals surface area contributed by atoms with E-state index in [0.717, 1.165) is 30.3 Å². The van der Waals surface area contributed by atoms with E-state index in [4.69, 9.17) is 14.8 Å². The minimum Gasteiger partial charge on any atom is -0.486 e. The van der Waals surface area contributed by atoms with Gasteiger partial charge in [0.25, 0.3) is 0 Å². The zero-order valence-electron chi connectivity index (χ0n) is 10.2. The first-order valence-electron chi connectivity index (χ1n) is 5.69. The molecule has 0 radical (unpaired) electrons. The summed E-state index contributed by atoms with van der Waals surface area (Å²) < 4.78 is 44.8. The van der Waals surface area contributed by atoms with Gasteiger partial charge in [-0.3, -0.25) is 0 Å². The van der Waals surface area contributed by atoms with Gasteiger partial charge in [0.2, 0.25) is 0 Å². The van der Waals surface area contributed by atoms with Crippen LogP contribution < -0.4 is 10.2 Å². The number of benzene rings is 2. The molecule has 20 heavy (non-hydrogen) atoms. The fourth-order valence-electron chi connectivity index (χ4n) is 1.60. The number of hydrogen-bond donors (Lipinski definition) is 2. The number of rotatable bonds is 4. The molecule has 3 nitrogen and oxygen atoms in total. The van der Waals surface area contributed by atoms with Crippen LogP contribution >= 0.6 is 0 Å². The normalized spacial score (nSPS) is 10.4. The van der Waals surface area contributed by atoms with Crippen LogP contribution in [0.15, 0.2) is 36.4 Å². The SMILES string of the molecule is OB(O)c1ccc(F)c(OCc2cc(F)ccc2F)c1. The maximum atomic E-state index is 13.5. The van der Waals surface area contributed by atoms with Gasteiger partial charge in [-0.2, -0.15) is 0 Å². The van der Waals surface area contributed by atoms with Gasteiger partial charge in [0.1, 0.15) is 18.2 Å². The predicted molar refractivity (Wildman–Crippen MR) is 66.9 cm³/mol. The van der Waals surface area contributed by atoms with Crippen LogP contribution in [0.5, 0.6) is 5.75 Å². The third-order valence-electron chi connectivity index (χ3n) is 2.64. The average molecular weight is 282 g/mol. The lowest BCUT2D eigenvalue weighted by molar-refractivity contribution is 0.284. The van der Waals surface area contributed by atoms with Gasteiger partial charge in [-0.1, -0.05) is 6.07 Å². The Bertz CT molecular complexity index is 620. The van der Waals surface area contributed by atoms with Gasteiger partial charge in [0, 0.05) is 5.56 Å². The van der Waals surface area contributed by atoms with E-state index >= 15 is 0 Å². The van der Waals surface area contributed by atoms with Gasteiger partial charge in [0.15, 0.2) is 11.6 Å². The summed E-state index contributed by atoms with van der Waals surface area (Å²) in [4.78, 5) is 0. The third kappa shape index (κ3) is 3.31. The second-order valence-corrected chi connectivity index (χ2v) is 4.09. The quantitative estimate of drug-likeness (QED) is 0.832. The first kappa shape index (κ1) is 14.4. The molecule has 7 heteroatoms. The fourth-order valence-corrected chi connectivity index (χ4v) is 1.60. The molecule has 0 aliphatic carbocycles. The van der Waals surface area contributed by atoms with Crippen LogP contribution in [-0.4, -0.2) is 17.2 Å². The molecule has 0 unspecified atom stereocenters. The molecule has 0 saturated carbocycles. The van der Waals surface area contributed by atoms with E-state index in [2.05, 4.69) is 0 Å². The summed E-state index contributed by atoms with van der Waals surface area (Å²) in [6, 6.07) is 6.09. The molecule has 0 amide bonds. The van der Waals surface area contributed by atoms with E-state index in [1.165, 1.54) is 6.07 Å². The second kappa shape index (κ2) is 5.98. The van der Waals surface area contributed by atoms with E-state index in [0.29, 0.717) is 0 Å². The molecule has 2 rings (SSSR count). The zero-order valence-corrected chi connectivity index (χ0v) is 10.2. The largest absolute Gasteiger partial charge is 0.488 e. The van der Waals surface area contributed by atoms with Gasteiger partial charge < -0.3 is 14.8 Å². The summed E-state index contributed by atoms with van der Waals surface area (Å²) >= 11 is 0. The molecule has 2 N–H and O–H groups in total. The molecule has 104 valence electrons. The van der Waals surface area contributed by atoms with Crippen molar-refractivity contribution in [2.24, 2.45) is 0 Å². The minimum atomic E-state index is -1.77. The van der Waals surface area contributed by atoms with E-state index < -0.39 is 24.6 Å². The zero-order chi connectivity index (χ0) is 14.7. The molecule has 2 aromatic rings. The van der Waals surface area contributed by atoms with Gasteiger partial charge in [-0.05, 0) is 35.8 Å². The molecule has 0 aromatic heterocycles. The Labute approximate surface area is 113 Å². The predicted octanol–water partition coefficient (Wildman–Crippen LogP) is 1.36. The first-order chi connectivity index (χ1) is 9.47. The van der Waals surface area contributed by atoms with Crippen LogP contribution in [0.4, 0.5) is 13.2 Å².